The molecule has 0 aliphatic heterocycles. The van der Waals surface area contributed by atoms with E-state index in [0.29, 0.717) is 25.2 Å². The van der Waals surface area contributed by atoms with E-state index < -0.39 is 6.36 Å². The molecule has 1 atom stereocenters. The van der Waals surface area contributed by atoms with Crippen LogP contribution in [0, 0.1) is 0 Å². The molecule has 2 aromatic heterocycles. The minimum absolute atomic E-state index is 0.0390. The minimum atomic E-state index is -4.69. The number of aromatic amines is 1. The van der Waals surface area contributed by atoms with Crippen LogP contribution in [0.5, 0.6) is 5.75 Å². The molecule has 2 heterocycles. The number of unbranched alkanes of at least 4 members (excludes halogenated alkanes) is 1. The van der Waals surface area contributed by atoms with Gasteiger partial charge in [-0.25, -0.2) is 4.79 Å². The van der Waals surface area contributed by atoms with Gasteiger partial charge in [0.05, 0.1) is 5.69 Å². The maximum atomic E-state index is 12.6. The Kier molecular flexibility index (Phi) is 14.5. The van der Waals surface area contributed by atoms with Gasteiger partial charge in [0.1, 0.15) is 11.4 Å². The monoisotopic (exact) mass is 740 g/mol. The van der Waals surface area contributed by atoms with Crippen molar-refractivity contribution in [3.8, 4) is 11.4 Å². The first kappa shape index (κ1) is 42.4. The molecule has 15 heteroatoms. The molecular formula is C38H55F3N10O2. The van der Waals surface area contributed by atoms with Crippen LogP contribution in [0.4, 0.5) is 13.2 Å². The molecule has 290 valence electrons. The molecule has 0 aliphatic rings. The molecule has 4 rings (SSSR count). The van der Waals surface area contributed by atoms with E-state index in [9.17, 15) is 18.0 Å². The molecule has 2 aromatic carbocycles. The van der Waals surface area contributed by atoms with Crippen molar-refractivity contribution >= 4 is 23.0 Å². The number of alkyl halides is 3. The van der Waals surface area contributed by atoms with Crippen LogP contribution in [-0.2, 0) is 17.3 Å². The highest BCUT2D eigenvalue weighted by Gasteiger charge is 2.31. The first-order chi connectivity index (χ1) is 24.6. The number of aromatic nitrogens is 3. The summed E-state index contributed by atoms with van der Waals surface area (Å²) in [5.41, 5.74) is 25.7. The van der Waals surface area contributed by atoms with E-state index in [1.54, 1.807) is 4.57 Å². The Morgan fingerprint density at radius 3 is 2.08 bits per heavy atom. The van der Waals surface area contributed by atoms with Gasteiger partial charge in [0, 0.05) is 41.8 Å². The van der Waals surface area contributed by atoms with Crippen molar-refractivity contribution in [3.05, 3.63) is 87.6 Å². The molecule has 0 saturated carbocycles. The third-order valence-corrected chi connectivity index (χ3v) is 8.30. The third kappa shape index (κ3) is 14.1. The van der Waals surface area contributed by atoms with E-state index in [1.165, 1.54) is 12.1 Å². The number of benzene rings is 2. The van der Waals surface area contributed by atoms with Crippen molar-refractivity contribution in [2.45, 2.75) is 97.4 Å². The van der Waals surface area contributed by atoms with E-state index in [-0.39, 0.29) is 40.2 Å². The molecule has 0 amide bonds. The predicted molar refractivity (Wildman–Crippen MR) is 208 cm³/mol. The molecule has 0 bridgehead atoms. The Morgan fingerprint density at radius 2 is 1.51 bits per heavy atom. The highest BCUT2D eigenvalue weighted by Crippen LogP contribution is 2.31. The minimum Gasteiger partial charge on any atom is -0.406 e. The molecule has 0 radical (unpaired) electrons. The number of guanidine groups is 2. The summed E-state index contributed by atoms with van der Waals surface area (Å²) in [5.74, 6) is -0.0134. The Labute approximate surface area is 309 Å². The average molecular weight is 741 g/mol. The van der Waals surface area contributed by atoms with Crippen LogP contribution in [0.3, 0.4) is 0 Å². The van der Waals surface area contributed by atoms with Crippen LogP contribution in [-0.4, -0.2) is 52.5 Å². The first-order valence-corrected chi connectivity index (χ1v) is 17.6. The van der Waals surface area contributed by atoms with Gasteiger partial charge < -0.3 is 38.0 Å². The van der Waals surface area contributed by atoms with E-state index >= 15 is 0 Å². The number of hydrogen-bond acceptors (Lipinski definition) is 6. The van der Waals surface area contributed by atoms with Crippen LogP contribution >= 0.6 is 0 Å². The van der Waals surface area contributed by atoms with Gasteiger partial charge in [-0.3, -0.25) is 14.6 Å². The summed E-state index contributed by atoms with van der Waals surface area (Å²) < 4.78 is 43.1. The summed E-state index contributed by atoms with van der Waals surface area (Å²) >= 11 is 0. The summed E-state index contributed by atoms with van der Waals surface area (Å²) in [4.78, 5) is 27.9. The van der Waals surface area contributed by atoms with Gasteiger partial charge >= 0.3 is 12.1 Å². The Hall–Kier alpha value is -5.05. The first-order valence-electron chi connectivity index (χ1n) is 17.6. The summed E-state index contributed by atoms with van der Waals surface area (Å²) in [6, 6.07) is 15.0. The molecule has 0 aliphatic carbocycles. The number of nitrogens with one attached hydrogen (secondary N) is 2. The van der Waals surface area contributed by atoms with Gasteiger partial charge in [0.15, 0.2) is 11.9 Å². The molecule has 0 spiro atoms. The van der Waals surface area contributed by atoms with E-state index in [4.69, 9.17) is 22.9 Å². The third-order valence-electron chi connectivity index (χ3n) is 8.30. The standard InChI is InChI=1S/C22H31N7O.C16H24F3N3O/c1-14(25-10-5-11-26-20(23)24)15-6-8-17(9-7-15)29-13-16-12-18(22(2,3)4)27-19(16)28-21(29)30;1-15(2,3)12-8-11(6-4-5-7-22-14(20)21)9-13(10-12)23-16(17,18)19/h6-9,12-14,25H,5,10-11H2,1-4H3,(H4,23,24,26)(H,27,28,30);8-10H,4-7H2,1-3H3,(H4,20,21,22)/t14-;/m0./s1. The molecule has 0 unspecified atom stereocenters. The van der Waals surface area contributed by atoms with Crippen molar-refractivity contribution in [3.63, 3.8) is 0 Å². The number of nitrogens with zero attached hydrogens (tertiary/aromatic N) is 4. The molecule has 0 fully saturated rings. The average Bonchev–Trinajstić information content (AvgIpc) is 3.46. The zero-order chi connectivity index (χ0) is 39.6. The van der Waals surface area contributed by atoms with Gasteiger partial charge in [-0.15, -0.1) is 13.2 Å². The van der Waals surface area contributed by atoms with E-state index in [0.717, 1.165) is 59.3 Å². The number of rotatable bonds is 13. The molecule has 53 heavy (non-hydrogen) atoms. The van der Waals surface area contributed by atoms with Crippen LogP contribution in [0.25, 0.3) is 16.7 Å². The number of halogens is 3. The Bertz CT molecular complexity index is 1890. The zero-order valence-electron chi connectivity index (χ0n) is 31.8. The van der Waals surface area contributed by atoms with E-state index in [2.05, 4.69) is 63.8 Å². The largest absolute Gasteiger partial charge is 0.573 e. The SMILES string of the molecule is CC(C)(C)c1cc(CCCCN=C(N)N)cc(OC(F)(F)F)c1.C[C@H](NCCCN=C(N)N)c1ccc(-n2cc3cc(C(C)(C)C)[nH]c3nc2=O)cc1. The number of fused-ring (bicyclic) bond motifs is 1. The fraction of sp³-hybridized carbons (Fsp3) is 0.474. The van der Waals surface area contributed by atoms with Crippen molar-refractivity contribution in [2.24, 2.45) is 32.9 Å². The normalized spacial score (nSPS) is 12.5. The molecular weight excluding hydrogens is 685 g/mol. The summed E-state index contributed by atoms with van der Waals surface area (Å²) in [6.07, 6.45) is 0.174. The number of hydrogen-bond donors (Lipinski definition) is 6. The lowest BCUT2D eigenvalue weighted by Crippen LogP contribution is -2.24. The lowest BCUT2D eigenvalue weighted by atomic mass is 9.85. The maximum Gasteiger partial charge on any atom is 0.573 e. The summed E-state index contributed by atoms with van der Waals surface area (Å²) in [5, 5.41) is 4.36. The maximum absolute atomic E-state index is 12.6. The van der Waals surface area contributed by atoms with Crippen LogP contribution in [0.15, 0.2) is 69.5 Å². The van der Waals surface area contributed by atoms with E-state index in [1.807, 2.05) is 57.3 Å². The predicted octanol–water partition coefficient (Wildman–Crippen LogP) is 5.80. The number of aliphatic imine (C=N–C) groups is 2. The lowest BCUT2D eigenvalue weighted by Gasteiger charge is -2.21. The van der Waals surface area contributed by atoms with Crippen molar-refractivity contribution in [2.75, 3.05) is 19.6 Å². The fourth-order valence-electron chi connectivity index (χ4n) is 5.31. The fourth-order valence-corrected chi connectivity index (χ4v) is 5.31. The topological polar surface area (TPSA) is 201 Å². The molecule has 4 aromatic rings. The Balaban J connectivity index is 0.000000297. The smallest absolute Gasteiger partial charge is 0.406 e. The lowest BCUT2D eigenvalue weighted by molar-refractivity contribution is -0.274. The second-order valence-corrected chi connectivity index (χ2v) is 15.0. The number of nitrogens with two attached hydrogens (primary N) is 4. The van der Waals surface area contributed by atoms with Gasteiger partial charge in [-0.05, 0) is 91.6 Å². The number of H-pyrrole nitrogens is 1. The van der Waals surface area contributed by atoms with Gasteiger partial charge in [-0.1, -0.05) is 59.7 Å². The van der Waals surface area contributed by atoms with Crippen LogP contribution in [0.2, 0.25) is 0 Å². The summed E-state index contributed by atoms with van der Waals surface area (Å²) in [6.45, 7) is 16.2. The number of aryl methyl sites for hydroxylation is 1. The van der Waals surface area contributed by atoms with Gasteiger partial charge in [0.2, 0.25) is 0 Å². The van der Waals surface area contributed by atoms with Crippen molar-refractivity contribution < 1.29 is 17.9 Å². The second-order valence-electron chi connectivity index (χ2n) is 15.0. The highest BCUT2D eigenvalue weighted by molar-refractivity contribution is 5.76. The molecule has 10 N–H and O–H groups in total. The quantitative estimate of drug-likeness (QED) is 0.0561. The van der Waals surface area contributed by atoms with Crippen molar-refractivity contribution in [1.29, 1.82) is 0 Å². The Morgan fingerprint density at radius 1 is 0.887 bits per heavy atom. The van der Waals surface area contributed by atoms with Gasteiger partial charge in [0.25, 0.3) is 0 Å². The molecule has 0 saturated heterocycles. The second kappa shape index (κ2) is 18.1. The zero-order valence-corrected chi connectivity index (χ0v) is 31.8. The number of ether oxygens (including phenoxy) is 1. The van der Waals surface area contributed by atoms with Crippen molar-refractivity contribution in [1.82, 2.24) is 19.9 Å². The van der Waals surface area contributed by atoms with Crippen LogP contribution < -0.4 is 38.7 Å². The summed E-state index contributed by atoms with van der Waals surface area (Å²) in [7, 11) is 0. The highest BCUT2D eigenvalue weighted by atomic mass is 19.4. The molecule has 12 nitrogen and oxygen atoms in total. The van der Waals surface area contributed by atoms with Crippen LogP contribution in [0.1, 0.15) is 96.2 Å². The van der Waals surface area contributed by atoms with Gasteiger partial charge in [-0.2, -0.15) is 4.98 Å².